The molecule has 0 aromatic carbocycles. The molecule has 0 unspecified atom stereocenters. The molecule has 8 heteroatoms. The van der Waals surface area contributed by atoms with Crippen molar-refractivity contribution in [2.45, 2.75) is 25.7 Å². The SMILES string of the molecule is CNC(=O)c1ccc(N2CCC[C@@H](c3nc(C)no3)C2)nn1. The summed E-state index contributed by atoms with van der Waals surface area (Å²) in [4.78, 5) is 17.9. The van der Waals surface area contributed by atoms with E-state index in [1.54, 1.807) is 13.1 Å². The molecule has 3 heterocycles. The molecule has 0 saturated carbocycles. The van der Waals surface area contributed by atoms with Crippen LogP contribution in [0.25, 0.3) is 0 Å². The third-order valence-electron chi connectivity index (χ3n) is 3.75. The van der Waals surface area contributed by atoms with Crippen LogP contribution in [0.5, 0.6) is 0 Å². The molecular formula is C14H18N6O2. The molecule has 1 fully saturated rings. The molecule has 1 saturated heterocycles. The monoisotopic (exact) mass is 302 g/mol. The second kappa shape index (κ2) is 6.08. The first-order valence-electron chi connectivity index (χ1n) is 7.28. The number of carbonyl (C=O) groups excluding carboxylic acids is 1. The second-order valence-electron chi connectivity index (χ2n) is 5.32. The van der Waals surface area contributed by atoms with Gasteiger partial charge in [-0.15, -0.1) is 10.2 Å². The molecule has 0 aliphatic carbocycles. The minimum absolute atomic E-state index is 0.204. The maximum absolute atomic E-state index is 11.5. The van der Waals surface area contributed by atoms with Gasteiger partial charge in [0.05, 0.1) is 5.92 Å². The van der Waals surface area contributed by atoms with E-state index in [1.807, 2.05) is 13.0 Å². The van der Waals surface area contributed by atoms with Gasteiger partial charge in [-0.3, -0.25) is 4.79 Å². The summed E-state index contributed by atoms with van der Waals surface area (Å²) in [6.45, 7) is 3.48. The van der Waals surface area contributed by atoms with Crippen LogP contribution in [0.4, 0.5) is 5.82 Å². The molecule has 1 N–H and O–H groups in total. The lowest BCUT2D eigenvalue weighted by atomic mass is 9.98. The maximum Gasteiger partial charge on any atom is 0.271 e. The van der Waals surface area contributed by atoms with Gasteiger partial charge in [0.15, 0.2) is 17.3 Å². The van der Waals surface area contributed by atoms with Gasteiger partial charge < -0.3 is 14.7 Å². The van der Waals surface area contributed by atoms with Crippen molar-refractivity contribution in [1.29, 1.82) is 0 Å². The lowest BCUT2D eigenvalue weighted by molar-refractivity contribution is 0.0957. The fourth-order valence-corrected chi connectivity index (χ4v) is 2.61. The van der Waals surface area contributed by atoms with Crippen LogP contribution in [0.1, 0.15) is 41.0 Å². The van der Waals surface area contributed by atoms with Gasteiger partial charge in [0, 0.05) is 20.1 Å². The number of piperidine rings is 1. The number of hydrogen-bond donors (Lipinski definition) is 1. The largest absolute Gasteiger partial charge is 0.354 e. The van der Waals surface area contributed by atoms with Crippen molar-refractivity contribution >= 4 is 11.7 Å². The molecule has 116 valence electrons. The minimum atomic E-state index is -0.239. The van der Waals surface area contributed by atoms with Crippen LogP contribution in [0.15, 0.2) is 16.7 Å². The first-order chi connectivity index (χ1) is 10.7. The fraction of sp³-hybridized carbons (Fsp3) is 0.500. The highest BCUT2D eigenvalue weighted by Crippen LogP contribution is 2.27. The molecule has 1 aliphatic rings. The highest BCUT2D eigenvalue weighted by Gasteiger charge is 2.26. The van der Waals surface area contributed by atoms with Crippen LogP contribution >= 0.6 is 0 Å². The molecule has 0 spiro atoms. The topological polar surface area (TPSA) is 97.0 Å². The lowest BCUT2D eigenvalue weighted by Crippen LogP contribution is -2.35. The van der Waals surface area contributed by atoms with Crippen LogP contribution < -0.4 is 10.2 Å². The van der Waals surface area contributed by atoms with Crippen molar-refractivity contribution in [2.75, 3.05) is 25.0 Å². The molecule has 1 aliphatic heterocycles. The number of aromatic nitrogens is 4. The predicted molar refractivity (Wildman–Crippen MR) is 78.6 cm³/mol. The number of rotatable bonds is 3. The zero-order chi connectivity index (χ0) is 15.5. The summed E-state index contributed by atoms with van der Waals surface area (Å²) in [7, 11) is 1.57. The zero-order valence-corrected chi connectivity index (χ0v) is 12.6. The smallest absolute Gasteiger partial charge is 0.271 e. The summed E-state index contributed by atoms with van der Waals surface area (Å²) in [6, 6.07) is 3.50. The van der Waals surface area contributed by atoms with E-state index in [0.29, 0.717) is 17.4 Å². The van der Waals surface area contributed by atoms with E-state index >= 15 is 0 Å². The lowest BCUT2D eigenvalue weighted by Gasteiger charge is -2.31. The molecule has 0 bridgehead atoms. The Morgan fingerprint density at radius 2 is 2.27 bits per heavy atom. The van der Waals surface area contributed by atoms with Gasteiger partial charge in [-0.1, -0.05) is 5.16 Å². The van der Waals surface area contributed by atoms with E-state index in [2.05, 4.69) is 30.6 Å². The Hall–Kier alpha value is -2.51. The molecule has 2 aromatic heterocycles. The third kappa shape index (κ3) is 2.90. The van der Waals surface area contributed by atoms with Crippen molar-refractivity contribution < 1.29 is 9.32 Å². The van der Waals surface area contributed by atoms with Crippen molar-refractivity contribution in [1.82, 2.24) is 25.7 Å². The van der Waals surface area contributed by atoms with Gasteiger partial charge in [0.1, 0.15) is 0 Å². The standard InChI is InChI=1S/C14H18N6O2/c1-9-16-14(22-19-9)10-4-3-7-20(8-10)12-6-5-11(17-18-12)13(21)15-2/h5-6,10H,3-4,7-8H2,1-2H3,(H,15,21)/t10-/m1/s1. The van der Waals surface area contributed by atoms with Gasteiger partial charge in [0.2, 0.25) is 5.89 Å². The average Bonchev–Trinajstić information content (AvgIpc) is 3.01. The first-order valence-corrected chi connectivity index (χ1v) is 7.28. The van der Waals surface area contributed by atoms with Gasteiger partial charge in [-0.2, -0.15) is 4.98 Å². The molecule has 1 atom stereocenters. The Morgan fingerprint density at radius 3 is 2.91 bits per heavy atom. The molecule has 22 heavy (non-hydrogen) atoms. The van der Waals surface area contributed by atoms with E-state index in [-0.39, 0.29) is 11.8 Å². The predicted octanol–water partition coefficient (Wildman–Crippen LogP) is 0.912. The Morgan fingerprint density at radius 1 is 1.41 bits per heavy atom. The highest BCUT2D eigenvalue weighted by molar-refractivity contribution is 5.91. The number of amides is 1. The quantitative estimate of drug-likeness (QED) is 0.900. The van der Waals surface area contributed by atoms with Gasteiger partial charge in [-0.25, -0.2) is 0 Å². The molecule has 8 nitrogen and oxygen atoms in total. The van der Waals surface area contributed by atoms with E-state index in [1.165, 1.54) is 0 Å². The van der Waals surface area contributed by atoms with Crippen LogP contribution in [-0.2, 0) is 0 Å². The third-order valence-corrected chi connectivity index (χ3v) is 3.75. The highest BCUT2D eigenvalue weighted by atomic mass is 16.5. The van der Waals surface area contributed by atoms with E-state index < -0.39 is 0 Å². The summed E-state index contributed by atoms with van der Waals surface area (Å²) in [5.41, 5.74) is 0.312. The summed E-state index contributed by atoms with van der Waals surface area (Å²) in [5, 5.41) is 14.5. The molecular weight excluding hydrogens is 284 g/mol. The Balaban J connectivity index is 1.73. The van der Waals surface area contributed by atoms with Crippen molar-refractivity contribution in [3.8, 4) is 0 Å². The second-order valence-corrected chi connectivity index (χ2v) is 5.32. The van der Waals surface area contributed by atoms with Crippen molar-refractivity contribution in [2.24, 2.45) is 0 Å². The number of hydrogen-bond acceptors (Lipinski definition) is 7. The number of nitrogens with one attached hydrogen (secondary N) is 1. The van der Waals surface area contributed by atoms with Gasteiger partial charge in [-0.05, 0) is 31.9 Å². The van der Waals surface area contributed by atoms with E-state index in [0.717, 1.165) is 31.7 Å². The van der Waals surface area contributed by atoms with Crippen LogP contribution in [0.2, 0.25) is 0 Å². The first kappa shape index (κ1) is 14.4. The zero-order valence-electron chi connectivity index (χ0n) is 12.6. The van der Waals surface area contributed by atoms with E-state index in [9.17, 15) is 4.79 Å². The van der Waals surface area contributed by atoms with Gasteiger partial charge >= 0.3 is 0 Å². The molecule has 1 amide bonds. The van der Waals surface area contributed by atoms with Crippen LogP contribution in [-0.4, -0.2) is 46.4 Å². The van der Waals surface area contributed by atoms with E-state index in [4.69, 9.17) is 4.52 Å². The van der Waals surface area contributed by atoms with Crippen LogP contribution in [0.3, 0.4) is 0 Å². The van der Waals surface area contributed by atoms with Crippen molar-refractivity contribution in [3.63, 3.8) is 0 Å². The number of anilines is 1. The molecule has 0 radical (unpaired) electrons. The number of aryl methyl sites for hydroxylation is 1. The summed E-state index contributed by atoms with van der Waals surface area (Å²) in [6.07, 6.45) is 2.03. The Kier molecular flexibility index (Phi) is 3.99. The molecule has 3 rings (SSSR count). The maximum atomic E-state index is 11.5. The summed E-state index contributed by atoms with van der Waals surface area (Å²) >= 11 is 0. The Bertz CT molecular complexity index is 654. The summed E-state index contributed by atoms with van der Waals surface area (Å²) < 4.78 is 5.28. The van der Waals surface area contributed by atoms with Crippen LogP contribution in [0, 0.1) is 6.92 Å². The Labute approximate surface area is 127 Å². The fourth-order valence-electron chi connectivity index (χ4n) is 2.61. The minimum Gasteiger partial charge on any atom is -0.354 e. The van der Waals surface area contributed by atoms with Gasteiger partial charge in [0.25, 0.3) is 5.91 Å². The molecule has 2 aromatic rings. The average molecular weight is 302 g/mol. The van der Waals surface area contributed by atoms with Crippen molar-refractivity contribution in [3.05, 3.63) is 29.5 Å². The number of carbonyl (C=O) groups is 1. The summed E-state index contributed by atoms with van der Waals surface area (Å²) in [5.74, 6) is 2.06. The normalized spacial score (nSPS) is 18.3. The number of nitrogens with zero attached hydrogens (tertiary/aromatic N) is 5.